The van der Waals surface area contributed by atoms with Crippen LogP contribution in [-0.4, -0.2) is 20.2 Å². The van der Waals surface area contributed by atoms with Crippen molar-refractivity contribution in [2.24, 2.45) is 0 Å². The number of halogens is 2. The van der Waals surface area contributed by atoms with Gasteiger partial charge in [-0.05, 0) is 5.56 Å². The second-order valence-corrected chi connectivity index (χ2v) is 4.81. The van der Waals surface area contributed by atoms with Gasteiger partial charge in [-0.2, -0.15) is 8.78 Å². The first-order valence-corrected chi connectivity index (χ1v) is 7.05. The lowest BCUT2D eigenvalue weighted by molar-refractivity contribution is 0.116. The van der Waals surface area contributed by atoms with Gasteiger partial charge in [0.25, 0.3) is 11.8 Å². The Hall–Kier alpha value is -3.16. The van der Waals surface area contributed by atoms with E-state index in [0.29, 0.717) is 11.5 Å². The number of benzene rings is 1. The minimum absolute atomic E-state index is 0.0554. The highest BCUT2D eigenvalue weighted by Gasteiger charge is 2.17. The maximum atomic E-state index is 12.5. The van der Waals surface area contributed by atoms with Crippen LogP contribution in [-0.2, 0) is 0 Å². The summed E-state index contributed by atoms with van der Waals surface area (Å²) >= 11 is 0. The average molecular weight is 329 g/mol. The number of nitrogens with zero attached hydrogens (tertiary/aromatic N) is 4. The van der Waals surface area contributed by atoms with E-state index < -0.39 is 12.3 Å². The molecule has 0 aliphatic heterocycles. The molecule has 0 spiro atoms. The molecule has 3 rings (SSSR count). The van der Waals surface area contributed by atoms with Gasteiger partial charge < -0.3 is 9.73 Å². The molecule has 0 saturated carbocycles. The van der Waals surface area contributed by atoms with Crippen LogP contribution < -0.4 is 5.32 Å². The van der Waals surface area contributed by atoms with Crippen molar-refractivity contribution in [3.63, 3.8) is 0 Å². The van der Waals surface area contributed by atoms with Gasteiger partial charge in [0.05, 0.1) is 11.6 Å². The van der Waals surface area contributed by atoms with E-state index in [2.05, 4.69) is 32.1 Å². The Balaban J connectivity index is 1.75. The Morgan fingerprint density at radius 3 is 2.38 bits per heavy atom. The van der Waals surface area contributed by atoms with Gasteiger partial charge >= 0.3 is 6.43 Å². The first-order chi connectivity index (χ1) is 11.7. The predicted molar refractivity (Wildman–Crippen MR) is 83.3 cm³/mol. The van der Waals surface area contributed by atoms with E-state index in [0.717, 1.165) is 5.56 Å². The molecule has 2 aromatic heterocycles. The number of aromatic nitrogens is 4. The van der Waals surface area contributed by atoms with Gasteiger partial charge in [0.15, 0.2) is 0 Å². The number of anilines is 1. The summed E-state index contributed by atoms with van der Waals surface area (Å²) in [6.45, 7) is 3.80. The van der Waals surface area contributed by atoms with Crippen LogP contribution in [0.15, 0.2) is 59.8 Å². The van der Waals surface area contributed by atoms with Crippen LogP contribution in [0, 0.1) is 0 Å². The first-order valence-electron chi connectivity index (χ1n) is 7.05. The summed E-state index contributed by atoms with van der Waals surface area (Å²) in [6, 6.07) is 9.52. The van der Waals surface area contributed by atoms with E-state index in [-0.39, 0.29) is 11.9 Å². The topological polar surface area (TPSA) is 76.7 Å². The van der Waals surface area contributed by atoms with Gasteiger partial charge in [0, 0.05) is 12.4 Å². The molecule has 122 valence electrons. The molecule has 2 heterocycles. The van der Waals surface area contributed by atoms with Crippen molar-refractivity contribution in [2.45, 2.75) is 12.5 Å². The Kier molecular flexibility index (Phi) is 4.55. The van der Waals surface area contributed by atoms with Gasteiger partial charge in [0.1, 0.15) is 0 Å². The molecule has 1 unspecified atom stereocenters. The van der Waals surface area contributed by atoms with E-state index in [9.17, 15) is 8.78 Å². The van der Waals surface area contributed by atoms with Gasteiger partial charge in [-0.3, -0.25) is 0 Å². The molecule has 0 amide bonds. The van der Waals surface area contributed by atoms with Crippen molar-refractivity contribution in [2.75, 3.05) is 5.32 Å². The molecule has 0 saturated heterocycles. The lowest BCUT2D eigenvalue weighted by Crippen LogP contribution is -2.10. The van der Waals surface area contributed by atoms with Crippen LogP contribution >= 0.6 is 0 Å². The number of rotatable bonds is 6. The number of alkyl halides is 2. The minimum atomic E-state index is -2.81. The fourth-order valence-electron chi connectivity index (χ4n) is 2.03. The third kappa shape index (κ3) is 3.43. The van der Waals surface area contributed by atoms with Gasteiger partial charge in [-0.15, -0.1) is 16.8 Å². The summed E-state index contributed by atoms with van der Waals surface area (Å²) in [5, 5.41) is 9.93. The fraction of sp³-hybridized carbons (Fsp3) is 0.125. The molecule has 0 aliphatic carbocycles. The normalized spacial score (nSPS) is 12.1. The lowest BCUT2D eigenvalue weighted by Gasteiger charge is -2.14. The van der Waals surface area contributed by atoms with Gasteiger partial charge in [-0.1, -0.05) is 36.4 Å². The molecule has 1 N–H and O–H groups in total. The molecule has 8 heteroatoms. The molecule has 1 atom stereocenters. The van der Waals surface area contributed by atoms with Crippen molar-refractivity contribution >= 4 is 5.95 Å². The van der Waals surface area contributed by atoms with Crippen LogP contribution in [0.5, 0.6) is 0 Å². The Morgan fingerprint density at radius 1 is 1.08 bits per heavy atom. The number of nitrogens with one attached hydrogen (secondary N) is 1. The summed E-state index contributed by atoms with van der Waals surface area (Å²) in [5.41, 5.74) is 1.37. The van der Waals surface area contributed by atoms with Crippen LogP contribution in [0.3, 0.4) is 0 Å². The monoisotopic (exact) mass is 329 g/mol. The third-order valence-corrected chi connectivity index (χ3v) is 3.21. The second kappa shape index (κ2) is 6.95. The molecular formula is C16H13F2N5O. The summed E-state index contributed by atoms with van der Waals surface area (Å²) in [7, 11) is 0. The molecular weight excluding hydrogens is 316 g/mol. The Morgan fingerprint density at radius 2 is 1.79 bits per heavy atom. The van der Waals surface area contributed by atoms with Crippen LogP contribution in [0.25, 0.3) is 11.5 Å². The first kappa shape index (κ1) is 15.7. The number of hydrogen-bond acceptors (Lipinski definition) is 6. The maximum Gasteiger partial charge on any atom is 0.314 e. The van der Waals surface area contributed by atoms with Crippen molar-refractivity contribution in [1.82, 2.24) is 20.2 Å². The van der Waals surface area contributed by atoms with Crippen molar-refractivity contribution in [1.29, 1.82) is 0 Å². The minimum Gasteiger partial charge on any atom is -0.415 e. The molecule has 24 heavy (non-hydrogen) atoms. The Bertz CT molecular complexity index is 805. The summed E-state index contributed by atoms with van der Waals surface area (Å²) in [6.07, 6.45) is 1.76. The zero-order valence-electron chi connectivity index (χ0n) is 12.4. The standard InChI is InChI=1S/C16H13F2N5O/c1-2-12(10-6-4-3-5-7-10)21-16-19-8-11(9-20-16)14-22-23-15(24-14)13(17)18/h2-9,12-13H,1H2,(H,19,20,21). The lowest BCUT2D eigenvalue weighted by atomic mass is 10.1. The van der Waals surface area contributed by atoms with Gasteiger partial charge in [0.2, 0.25) is 5.95 Å². The van der Waals surface area contributed by atoms with Crippen LogP contribution in [0.1, 0.15) is 23.9 Å². The summed E-state index contributed by atoms with van der Waals surface area (Å²) in [5.74, 6) is -0.427. The van der Waals surface area contributed by atoms with E-state index in [1.54, 1.807) is 6.08 Å². The third-order valence-electron chi connectivity index (χ3n) is 3.21. The molecule has 0 fully saturated rings. The molecule has 1 aromatic carbocycles. The zero-order valence-corrected chi connectivity index (χ0v) is 12.4. The largest absolute Gasteiger partial charge is 0.415 e. The number of hydrogen-bond donors (Lipinski definition) is 1. The van der Waals surface area contributed by atoms with E-state index in [1.165, 1.54) is 12.4 Å². The average Bonchev–Trinajstić information content (AvgIpc) is 3.11. The zero-order chi connectivity index (χ0) is 16.9. The van der Waals surface area contributed by atoms with E-state index in [1.807, 2.05) is 30.3 Å². The van der Waals surface area contributed by atoms with Crippen molar-refractivity contribution < 1.29 is 13.2 Å². The van der Waals surface area contributed by atoms with Crippen LogP contribution in [0.4, 0.5) is 14.7 Å². The van der Waals surface area contributed by atoms with E-state index >= 15 is 0 Å². The highest BCUT2D eigenvalue weighted by Crippen LogP contribution is 2.23. The molecule has 3 aromatic rings. The fourth-order valence-corrected chi connectivity index (χ4v) is 2.03. The van der Waals surface area contributed by atoms with E-state index in [4.69, 9.17) is 4.42 Å². The summed E-state index contributed by atoms with van der Waals surface area (Å²) < 4.78 is 29.8. The highest BCUT2D eigenvalue weighted by molar-refractivity contribution is 5.50. The highest BCUT2D eigenvalue weighted by atomic mass is 19.3. The molecule has 0 aliphatic rings. The maximum absolute atomic E-state index is 12.5. The summed E-state index contributed by atoms with van der Waals surface area (Å²) in [4.78, 5) is 8.27. The molecule has 6 nitrogen and oxygen atoms in total. The van der Waals surface area contributed by atoms with Crippen LogP contribution in [0.2, 0.25) is 0 Å². The predicted octanol–water partition coefficient (Wildman–Crippen LogP) is 3.80. The van der Waals surface area contributed by atoms with Gasteiger partial charge in [-0.25, -0.2) is 9.97 Å². The van der Waals surface area contributed by atoms with Crippen molar-refractivity contribution in [3.05, 3.63) is 66.8 Å². The second-order valence-electron chi connectivity index (χ2n) is 4.81. The Labute approximate surface area is 136 Å². The quantitative estimate of drug-likeness (QED) is 0.693. The molecule has 0 radical (unpaired) electrons. The molecule has 0 bridgehead atoms. The SMILES string of the molecule is C=CC(Nc1ncc(-c2nnc(C(F)F)o2)cn1)c1ccccc1. The van der Waals surface area contributed by atoms with Crippen molar-refractivity contribution in [3.8, 4) is 11.5 Å². The smallest absolute Gasteiger partial charge is 0.314 e.